The van der Waals surface area contributed by atoms with Gasteiger partial charge in [0.1, 0.15) is 5.76 Å². The van der Waals surface area contributed by atoms with Gasteiger partial charge in [0.05, 0.1) is 25.3 Å². The van der Waals surface area contributed by atoms with E-state index in [1.54, 1.807) is 0 Å². The third kappa shape index (κ3) is 3.11. The van der Waals surface area contributed by atoms with Crippen molar-refractivity contribution in [1.29, 1.82) is 0 Å². The lowest BCUT2D eigenvalue weighted by Crippen LogP contribution is -2.42. The maximum atomic E-state index is 12.4. The average Bonchev–Trinajstić information content (AvgIpc) is 3.13. The van der Waals surface area contributed by atoms with Gasteiger partial charge in [-0.15, -0.1) is 0 Å². The van der Waals surface area contributed by atoms with Gasteiger partial charge in [-0.2, -0.15) is 0 Å². The van der Waals surface area contributed by atoms with E-state index in [0.717, 1.165) is 42.9 Å². The van der Waals surface area contributed by atoms with Gasteiger partial charge in [0.15, 0.2) is 6.29 Å². The van der Waals surface area contributed by atoms with E-state index in [1.807, 2.05) is 18.7 Å². The zero-order valence-electron chi connectivity index (χ0n) is 12.6. The van der Waals surface area contributed by atoms with Crippen molar-refractivity contribution in [2.24, 2.45) is 5.92 Å². The Morgan fingerprint density at radius 2 is 1.90 bits per heavy atom. The second-order valence-corrected chi connectivity index (χ2v) is 5.81. The van der Waals surface area contributed by atoms with E-state index in [9.17, 15) is 4.79 Å². The molecule has 3 heterocycles. The molecule has 6 heteroatoms. The molecule has 3 rings (SSSR count). The summed E-state index contributed by atoms with van der Waals surface area (Å²) in [5.74, 6) is 1.30. The average molecular weight is 294 g/mol. The molecule has 2 fully saturated rings. The van der Waals surface area contributed by atoms with Crippen LogP contribution in [0.2, 0.25) is 0 Å². The van der Waals surface area contributed by atoms with Gasteiger partial charge in [0, 0.05) is 24.6 Å². The van der Waals surface area contributed by atoms with Gasteiger partial charge in [-0.25, -0.2) is 0 Å². The number of carbonyl (C=O) groups is 1. The van der Waals surface area contributed by atoms with Crippen LogP contribution >= 0.6 is 0 Å². The van der Waals surface area contributed by atoms with Gasteiger partial charge in [0.25, 0.3) is 0 Å². The molecule has 2 aliphatic rings. The van der Waals surface area contributed by atoms with Crippen molar-refractivity contribution in [2.75, 3.05) is 26.3 Å². The number of ether oxygens (including phenoxy) is 2. The Morgan fingerprint density at radius 3 is 2.48 bits per heavy atom. The molecule has 0 saturated carbocycles. The topological polar surface area (TPSA) is 64.8 Å². The molecule has 21 heavy (non-hydrogen) atoms. The highest BCUT2D eigenvalue weighted by molar-refractivity contribution is 5.79. The summed E-state index contributed by atoms with van der Waals surface area (Å²) in [6.45, 7) is 6.65. The maximum absolute atomic E-state index is 12.4. The number of likely N-dealkylation sites (tertiary alicyclic amines) is 1. The highest BCUT2D eigenvalue weighted by Crippen LogP contribution is 2.26. The zero-order chi connectivity index (χ0) is 14.8. The maximum Gasteiger partial charge on any atom is 0.227 e. The van der Waals surface area contributed by atoms with Crippen LogP contribution < -0.4 is 0 Å². The summed E-state index contributed by atoms with van der Waals surface area (Å²) in [6.07, 6.45) is 2.20. The number of nitrogens with zero attached hydrogens (tertiary/aromatic N) is 2. The second kappa shape index (κ2) is 6.15. The Balaban J connectivity index is 1.53. The van der Waals surface area contributed by atoms with Crippen LogP contribution in [-0.4, -0.2) is 48.6 Å². The van der Waals surface area contributed by atoms with Gasteiger partial charge in [-0.3, -0.25) is 4.79 Å². The molecule has 2 saturated heterocycles. The molecule has 0 bridgehead atoms. The number of hydrogen-bond acceptors (Lipinski definition) is 5. The van der Waals surface area contributed by atoms with Crippen molar-refractivity contribution in [2.45, 2.75) is 39.4 Å². The summed E-state index contributed by atoms with van der Waals surface area (Å²) in [5, 5.41) is 3.90. The Labute approximate surface area is 124 Å². The fourth-order valence-electron chi connectivity index (χ4n) is 3.09. The first-order valence-electron chi connectivity index (χ1n) is 7.58. The number of amides is 1. The standard InChI is InChI=1S/C15H22N2O4/c1-10-13(11(2)21-16-10)9-14(18)17-5-3-12(4-6-17)15-19-7-8-20-15/h12,15H,3-9H2,1-2H3. The van der Waals surface area contributed by atoms with E-state index in [1.165, 1.54) is 0 Å². The zero-order valence-corrected chi connectivity index (χ0v) is 12.6. The van der Waals surface area contributed by atoms with Crippen molar-refractivity contribution >= 4 is 5.91 Å². The Morgan fingerprint density at radius 1 is 1.24 bits per heavy atom. The van der Waals surface area contributed by atoms with Crippen molar-refractivity contribution in [3.8, 4) is 0 Å². The fraction of sp³-hybridized carbons (Fsp3) is 0.733. The van der Waals surface area contributed by atoms with Crippen LogP contribution in [-0.2, 0) is 20.7 Å². The first kappa shape index (κ1) is 14.5. The minimum Gasteiger partial charge on any atom is -0.361 e. The first-order chi connectivity index (χ1) is 10.1. The highest BCUT2D eigenvalue weighted by atomic mass is 16.7. The molecule has 0 spiro atoms. The summed E-state index contributed by atoms with van der Waals surface area (Å²) in [4.78, 5) is 14.3. The number of aromatic nitrogens is 1. The van der Waals surface area contributed by atoms with E-state index in [-0.39, 0.29) is 12.2 Å². The number of rotatable bonds is 3. The van der Waals surface area contributed by atoms with Gasteiger partial charge in [-0.1, -0.05) is 5.16 Å². The molecule has 0 radical (unpaired) electrons. The molecule has 1 aromatic rings. The molecule has 116 valence electrons. The molecule has 6 nitrogen and oxygen atoms in total. The monoisotopic (exact) mass is 294 g/mol. The smallest absolute Gasteiger partial charge is 0.227 e. The molecule has 2 aliphatic heterocycles. The number of piperidine rings is 1. The quantitative estimate of drug-likeness (QED) is 0.844. The molecular weight excluding hydrogens is 272 g/mol. The molecule has 0 atom stereocenters. The van der Waals surface area contributed by atoms with Crippen molar-refractivity contribution in [3.63, 3.8) is 0 Å². The molecule has 0 N–H and O–H groups in total. The van der Waals surface area contributed by atoms with Crippen LogP contribution in [0.25, 0.3) is 0 Å². The van der Waals surface area contributed by atoms with E-state index >= 15 is 0 Å². The predicted octanol–water partition coefficient (Wildman–Crippen LogP) is 1.45. The summed E-state index contributed by atoms with van der Waals surface area (Å²) in [6, 6.07) is 0. The number of carbonyl (C=O) groups excluding carboxylic acids is 1. The van der Waals surface area contributed by atoms with E-state index in [4.69, 9.17) is 14.0 Å². The summed E-state index contributed by atoms with van der Waals surface area (Å²) in [7, 11) is 0. The molecule has 0 aromatic carbocycles. The summed E-state index contributed by atoms with van der Waals surface area (Å²) in [5.41, 5.74) is 1.73. The van der Waals surface area contributed by atoms with Crippen LogP contribution in [0.5, 0.6) is 0 Å². The van der Waals surface area contributed by atoms with Crippen LogP contribution in [0.15, 0.2) is 4.52 Å². The molecule has 0 aliphatic carbocycles. The Hall–Kier alpha value is -1.40. The van der Waals surface area contributed by atoms with Crippen molar-refractivity contribution in [3.05, 3.63) is 17.0 Å². The summed E-state index contributed by atoms with van der Waals surface area (Å²) < 4.78 is 16.2. The summed E-state index contributed by atoms with van der Waals surface area (Å²) >= 11 is 0. The third-order valence-electron chi connectivity index (χ3n) is 4.43. The SMILES string of the molecule is Cc1noc(C)c1CC(=O)N1CCC(C2OCCO2)CC1. The number of hydrogen-bond donors (Lipinski definition) is 0. The van der Waals surface area contributed by atoms with E-state index in [2.05, 4.69) is 5.16 Å². The van der Waals surface area contributed by atoms with Crippen LogP contribution in [0, 0.1) is 19.8 Å². The van der Waals surface area contributed by atoms with Crippen molar-refractivity contribution in [1.82, 2.24) is 10.1 Å². The Kier molecular flexibility index (Phi) is 4.26. The molecule has 0 unspecified atom stereocenters. The number of aryl methyl sites for hydroxylation is 2. The van der Waals surface area contributed by atoms with Crippen LogP contribution in [0.1, 0.15) is 29.9 Å². The van der Waals surface area contributed by atoms with Crippen LogP contribution in [0.3, 0.4) is 0 Å². The lowest BCUT2D eigenvalue weighted by atomic mass is 9.95. The van der Waals surface area contributed by atoms with Crippen LogP contribution in [0.4, 0.5) is 0 Å². The molecule has 1 aromatic heterocycles. The third-order valence-corrected chi connectivity index (χ3v) is 4.43. The fourth-order valence-corrected chi connectivity index (χ4v) is 3.09. The predicted molar refractivity (Wildman–Crippen MR) is 74.7 cm³/mol. The molecular formula is C15H22N2O4. The van der Waals surface area contributed by atoms with Gasteiger partial charge in [0.2, 0.25) is 5.91 Å². The van der Waals surface area contributed by atoms with Crippen molar-refractivity contribution < 1.29 is 18.8 Å². The van der Waals surface area contributed by atoms with Gasteiger partial charge >= 0.3 is 0 Å². The second-order valence-electron chi connectivity index (χ2n) is 5.81. The van der Waals surface area contributed by atoms with E-state index < -0.39 is 0 Å². The lowest BCUT2D eigenvalue weighted by molar-refractivity contribution is -0.136. The highest BCUT2D eigenvalue weighted by Gasteiger charge is 2.32. The van der Waals surface area contributed by atoms with E-state index in [0.29, 0.717) is 25.6 Å². The largest absolute Gasteiger partial charge is 0.361 e. The minimum atomic E-state index is -0.0650. The lowest BCUT2D eigenvalue weighted by Gasteiger charge is -2.33. The minimum absolute atomic E-state index is 0.0650. The first-order valence-corrected chi connectivity index (χ1v) is 7.58. The Bertz CT molecular complexity index is 480. The van der Waals surface area contributed by atoms with Gasteiger partial charge in [-0.05, 0) is 26.7 Å². The van der Waals surface area contributed by atoms with Gasteiger partial charge < -0.3 is 18.9 Å². The molecule has 1 amide bonds. The normalized spacial score (nSPS) is 21.1.